The molecule has 0 saturated carbocycles. The lowest BCUT2D eigenvalue weighted by atomic mass is 10.2. The first-order chi connectivity index (χ1) is 16.0. The van der Waals surface area contributed by atoms with Crippen LogP contribution in [-0.2, 0) is 0 Å². The first kappa shape index (κ1) is 21.5. The molecule has 0 fully saturated rings. The van der Waals surface area contributed by atoms with Crippen LogP contribution in [0.2, 0.25) is 0 Å². The highest BCUT2D eigenvalue weighted by Gasteiger charge is 2.15. The van der Waals surface area contributed by atoms with Crippen LogP contribution in [0, 0.1) is 10.1 Å². The van der Waals surface area contributed by atoms with Crippen LogP contribution in [0.4, 0.5) is 5.69 Å². The third-order valence-electron chi connectivity index (χ3n) is 4.59. The number of hydrogen-bond acceptors (Lipinski definition) is 8. The van der Waals surface area contributed by atoms with Crippen molar-refractivity contribution in [2.75, 3.05) is 13.2 Å². The first-order valence-electron chi connectivity index (χ1n) is 9.79. The third kappa shape index (κ3) is 5.31. The lowest BCUT2D eigenvalue weighted by Gasteiger charge is -2.18. The number of amides is 1. The van der Waals surface area contributed by atoms with E-state index in [2.05, 4.69) is 10.5 Å². The maximum absolute atomic E-state index is 12.3. The zero-order valence-electron chi connectivity index (χ0n) is 17.1. The minimum absolute atomic E-state index is 0.115. The maximum Gasteiger partial charge on any atom is 0.343 e. The highest BCUT2D eigenvalue weighted by atomic mass is 16.6. The van der Waals surface area contributed by atoms with Crippen LogP contribution in [0.5, 0.6) is 17.2 Å². The summed E-state index contributed by atoms with van der Waals surface area (Å²) < 4.78 is 16.1. The number of carbonyl (C=O) groups is 2. The van der Waals surface area contributed by atoms with Gasteiger partial charge < -0.3 is 14.2 Å². The van der Waals surface area contributed by atoms with Crippen molar-refractivity contribution in [1.82, 2.24) is 5.43 Å². The van der Waals surface area contributed by atoms with Crippen molar-refractivity contribution in [3.63, 3.8) is 0 Å². The van der Waals surface area contributed by atoms with E-state index < -0.39 is 16.8 Å². The van der Waals surface area contributed by atoms with E-state index in [9.17, 15) is 19.7 Å². The van der Waals surface area contributed by atoms with Crippen LogP contribution in [0.25, 0.3) is 0 Å². The summed E-state index contributed by atoms with van der Waals surface area (Å²) in [6.45, 7) is 0.896. The minimum atomic E-state index is -0.641. The summed E-state index contributed by atoms with van der Waals surface area (Å²) in [5.74, 6) is 0.345. The molecule has 1 amide bonds. The first-order valence-corrected chi connectivity index (χ1v) is 9.79. The molecule has 0 aromatic heterocycles. The number of nitro groups is 1. The van der Waals surface area contributed by atoms with Crippen molar-refractivity contribution in [3.8, 4) is 17.2 Å². The summed E-state index contributed by atoms with van der Waals surface area (Å²) in [5.41, 5.74) is 3.55. The molecule has 0 unspecified atom stereocenters. The lowest BCUT2D eigenvalue weighted by Crippen LogP contribution is -2.19. The standard InChI is InChI=1S/C23H17N3O7/c27-22(17-5-10-20-21(13-17)32-12-11-31-20)25-24-14-15-1-8-19(9-2-15)33-23(28)16-3-6-18(7-4-16)26(29)30/h1-10,13-14H,11-12H2,(H,25,27)/b24-14+. The molecule has 4 rings (SSSR count). The van der Waals surface area contributed by atoms with Crippen LogP contribution in [0.15, 0.2) is 71.8 Å². The van der Waals surface area contributed by atoms with Crippen molar-refractivity contribution < 1.29 is 28.7 Å². The molecule has 10 heteroatoms. The van der Waals surface area contributed by atoms with E-state index in [1.807, 2.05) is 0 Å². The molecule has 0 aliphatic carbocycles. The average molecular weight is 447 g/mol. The van der Waals surface area contributed by atoms with E-state index >= 15 is 0 Å². The van der Waals surface area contributed by atoms with Crippen molar-refractivity contribution in [3.05, 3.63) is 93.5 Å². The van der Waals surface area contributed by atoms with Gasteiger partial charge in [-0.3, -0.25) is 14.9 Å². The van der Waals surface area contributed by atoms with Gasteiger partial charge in [0.25, 0.3) is 11.6 Å². The van der Waals surface area contributed by atoms with Crippen molar-refractivity contribution in [1.29, 1.82) is 0 Å². The Morgan fingerprint density at radius 3 is 2.30 bits per heavy atom. The average Bonchev–Trinajstić information content (AvgIpc) is 2.84. The lowest BCUT2D eigenvalue weighted by molar-refractivity contribution is -0.384. The van der Waals surface area contributed by atoms with Gasteiger partial charge in [0.15, 0.2) is 11.5 Å². The van der Waals surface area contributed by atoms with Gasteiger partial charge in [-0.25, -0.2) is 10.2 Å². The molecule has 3 aromatic carbocycles. The normalized spacial score (nSPS) is 12.2. The molecule has 0 bridgehead atoms. The van der Waals surface area contributed by atoms with E-state index in [1.54, 1.807) is 42.5 Å². The van der Waals surface area contributed by atoms with Crippen LogP contribution in [0.3, 0.4) is 0 Å². The minimum Gasteiger partial charge on any atom is -0.486 e. The Hall–Kier alpha value is -4.73. The smallest absolute Gasteiger partial charge is 0.343 e. The predicted molar refractivity (Wildman–Crippen MR) is 117 cm³/mol. The Labute approximate surface area is 187 Å². The van der Waals surface area contributed by atoms with E-state index in [4.69, 9.17) is 14.2 Å². The van der Waals surface area contributed by atoms with Crippen LogP contribution in [0.1, 0.15) is 26.3 Å². The maximum atomic E-state index is 12.3. The van der Waals surface area contributed by atoms with Crippen LogP contribution in [-0.4, -0.2) is 36.2 Å². The van der Waals surface area contributed by atoms with Gasteiger partial charge in [-0.05, 0) is 60.2 Å². The number of non-ortho nitro benzene ring substituents is 1. The summed E-state index contributed by atoms with van der Waals surface area (Å²) in [4.78, 5) is 34.6. The highest BCUT2D eigenvalue weighted by Crippen LogP contribution is 2.30. The molecule has 10 nitrogen and oxygen atoms in total. The number of esters is 1. The van der Waals surface area contributed by atoms with Crippen molar-refractivity contribution >= 4 is 23.8 Å². The van der Waals surface area contributed by atoms with Crippen LogP contribution >= 0.6 is 0 Å². The second-order valence-corrected chi connectivity index (χ2v) is 6.82. The number of nitrogens with one attached hydrogen (secondary N) is 1. The molecular formula is C23H17N3O7. The van der Waals surface area contributed by atoms with Crippen LogP contribution < -0.4 is 19.6 Å². The third-order valence-corrected chi connectivity index (χ3v) is 4.59. The summed E-state index contributed by atoms with van der Waals surface area (Å²) >= 11 is 0. The second kappa shape index (κ2) is 9.60. The van der Waals surface area contributed by atoms with E-state index in [0.717, 1.165) is 0 Å². The number of fused-ring (bicyclic) bond motifs is 1. The van der Waals surface area contributed by atoms with E-state index in [-0.39, 0.29) is 17.0 Å². The van der Waals surface area contributed by atoms with Crippen molar-refractivity contribution in [2.45, 2.75) is 0 Å². The van der Waals surface area contributed by atoms with E-state index in [0.29, 0.717) is 35.8 Å². The molecule has 1 heterocycles. The molecule has 33 heavy (non-hydrogen) atoms. The van der Waals surface area contributed by atoms with Gasteiger partial charge in [0.05, 0.1) is 16.7 Å². The van der Waals surface area contributed by atoms with Gasteiger partial charge in [-0.15, -0.1) is 0 Å². The fourth-order valence-corrected chi connectivity index (χ4v) is 2.92. The SMILES string of the molecule is O=C(N/N=C/c1ccc(OC(=O)c2ccc([N+](=O)[O-])cc2)cc1)c1ccc2c(c1)OCCO2. The predicted octanol–water partition coefficient (Wildman–Crippen LogP) is 3.35. The highest BCUT2D eigenvalue weighted by molar-refractivity contribution is 5.95. The van der Waals surface area contributed by atoms with Gasteiger partial charge >= 0.3 is 5.97 Å². The number of ether oxygens (including phenoxy) is 3. The zero-order chi connectivity index (χ0) is 23.2. The molecule has 0 radical (unpaired) electrons. The molecule has 166 valence electrons. The van der Waals surface area contributed by atoms with Gasteiger partial charge in [0.2, 0.25) is 0 Å². The number of nitro benzene ring substituents is 1. The number of hydrogen-bond donors (Lipinski definition) is 1. The number of nitrogens with zero attached hydrogens (tertiary/aromatic N) is 2. The molecule has 1 aliphatic rings. The Morgan fingerprint density at radius 2 is 1.61 bits per heavy atom. The Balaban J connectivity index is 1.32. The summed E-state index contributed by atoms with van der Waals surface area (Å²) in [6, 6.07) is 16.4. The Kier molecular flexibility index (Phi) is 6.26. The molecule has 1 aliphatic heterocycles. The zero-order valence-corrected chi connectivity index (χ0v) is 17.1. The number of rotatable bonds is 6. The number of hydrazone groups is 1. The summed E-state index contributed by atoms with van der Waals surface area (Å²) in [5, 5.41) is 14.6. The monoisotopic (exact) mass is 447 g/mol. The summed E-state index contributed by atoms with van der Waals surface area (Å²) in [7, 11) is 0. The van der Waals surface area contributed by atoms with Gasteiger partial charge in [-0.2, -0.15) is 5.10 Å². The second-order valence-electron chi connectivity index (χ2n) is 6.82. The summed E-state index contributed by atoms with van der Waals surface area (Å²) in [6.07, 6.45) is 1.44. The molecule has 0 saturated heterocycles. The van der Waals surface area contributed by atoms with Crippen molar-refractivity contribution in [2.24, 2.45) is 5.10 Å². The molecule has 3 aromatic rings. The van der Waals surface area contributed by atoms with Gasteiger partial charge in [0, 0.05) is 17.7 Å². The van der Waals surface area contributed by atoms with E-state index in [1.165, 1.54) is 30.5 Å². The quantitative estimate of drug-likeness (QED) is 0.202. The Bertz CT molecular complexity index is 1220. The number of carbonyl (C=O) groups excluding carboxylic acids is 2. The topological polar surface area (TPSA) is 129 Å². The molecule has 0 atom stereocenters. The molecule has 0 spiro atoms. The fourth-order valence-electron chi connectivity index (χ4n) is 2.92. The van der Waals surface area contributed by atoms with Gasteiger partial charge in [0.1, 0.15) is 19.0 Å². The Morgan fingerprint density at radius 1 is 0.939 bits per heavy atom. The molecule has 1 N–H and O–H groups in total. The largest absolute Gasteiger partial charge is 0.486 e. The number of benzene rings is 3. The fraction of sp³-hybridized carbons (Fsp3) is 0.0870. The molecular weight excluding hydrogens is 430 g/mol. The van der Waals surface area contributed by atoms with Gasteiger partial charge in [-0.1, -0.05) is 0 Å².